The molecule has 13 nitrogen and oxygen atoms in total. The number of hydrogen-bond donors (Lipinski definition) is 5. The lowest BCUT2D eigenvalue weighted by Gasteiger charge is -2.28. The van der Waals surface area contributed by atoms with Crippen LogP contribution in [0.4, 0.5) is 0 Å². The maximum absolute atomic E-state index is 13.6. The molecular weight excluding hydrogens is 647 g/mol. The third-order valence-electron chi connectivity index (χ3n) is 7.15. The first kappa shape index (κ1) is 37.6. The third kappa shape index (κ3) is 11.7. The number of hydrogen-bond acceptors (Lipinski definition) is 9. The Morgan fingerprint density at radius 1 is 0.872 bits per heavy atom. The van der Waals surface area contributed by atoms with E-state index in [1.54, 1.807) is 47.4 Å². The highest BCUT2D eigenvalue weighted by molar-refractivity contribution is 7.89. The highest BCUT2D eigenvalue weighted by atomic mass is 32.2. The van der Waals surface area contributed by atoms with Gasteiger partial charge in [0.25, 0.3) is 11.8 Å². The van der Waals surface area contributed by atoms with Gasteiger partial charge in [0.1, 0.15) is 5.75 Å². The molecule has 0 bridgehead atoms. The van der Waals surface area contributed by atoms with E-state index in [1.807, 2.05) is 13.8 Å². The number of carbonyl (C=O) groups excluding carboxylic acids is 2. The van der Waals surface area contributed by atoms with Crippen molar-refractivity contribution >= 4 is 31.9 Å². The minimum absolute atomic E-state index is 0.0136. The van der Waals surface area contributed by atoms with Crippen molar-refractivity contribution in [1.82, 2.24) is 20.1 Å². The summed E-state index contributed by atoms with van der Waals surface area (Å²) in [5.41, 5.74) is 0.987. The van der Waals surface area contributed by atoms with Crippen LogP contribution in [0.1, 0.15) is 58.5 Å². The average molecular weight is 690 g/mol. The van der Waals surface area contributed by atoms with E-state index in [9.17, 15) is 36.6 Å². The summed E-state index contributed by atoms with van der Waals surface area (Å²) in [6.45, 7) is 4.41. The van der Waals surface area contributed by atoms with E-state index in [-0.39, 0.29) is 35.6 Å². The second-order valence-corrected chi connectivity index (χ2v) is 14.6. The number of nitrogens with zero attached hydrogens (tertiary/aromatic N) is 2. The van der Waals surface area contributed by atoms with Gasteiger partial charge in [-0.05, 0) is 60.7 Å². The van der Waals surface area contributed by atoms with E-state index < -0.39 is 48.9 Å². The highest BCUT2D eigenvalue weighted by Gasteiger charge is 2.27. The summed E-state index contributed by atoms with van der Waals surface area (Å²) in [5, 5.41) is 30.3. The molecule has 2 amide bonds. The number of aromatic hydroxyl groups is 1. The number of phenolic OH excluding ortho intramolecular Hbond substituents is 1. The predicted octanol–water partition coefficient (Wildman–Crippen LogP) is 1.97. The molecule has 256 valence electrons. The quantitative estimate of drug-likeness (QED) is 0.132. The Kier molecular flexibility index (Phi) is 13.4. The molecule has 0 spiro atoms. The number of benzene rings is 3. The van der Waals surface area contributed by atoms with Gasteiger partial charge in [-0.1, -0.05) is 56.3 Å². The molecule has 47 heavy (non-hydrogen) atoms. The first-order chi connectivity index (χ1) is 22.1. The van der Waals surface area contributed by atoms with E-state index in [1.165, 1.54) is 30.3 Å². The predicted molar refractivity (Wildman–Crippen MR) is 178 cm³/mol. The summed E-state index contributed by atoms with van der Waals surface area (Å²) in [6.07, 6.45) is 0.0482. The fraction of sp³-hybridized carbons (Fsp3) is 0.375. The Balaban J connectivity index is 1.89. The molecule has 0 aliphatic heterocycles. The zero-order chi connectivity index (χ0) is 34.8. The van der Waals surface area contributed by atoms with Crippen LogP contribution >= 0.6 is 0 Å². The Morgan fingerprint density at radius 3 is 2.04 bits per heavy atom. The number of aliphatic hydroxyl groups is 1. The van der Waals surface area contributed by atoms with Crippen LogP contribution in [0.2, 0.25) is 0 Å². The molecule has 3 aromatic rings. The summed E-state index contributed by atoms with van der Waals surface area (Å²) >= 11 is 0. The van der Waals surface area contributed by atoms with Gasteiger partial charge in [-0.3, -0.25) is 9.59 Å². The second-order valence-electron chi connectivity index (χ2n) is 11.3. The number of hydrazine groups is 1. The second kappa shape index (κ2) is 16.8. The van der Waals surface area contributed by atoms with E-state index in [0.29, 0.717) is 37.1 Å². The third-order valence-corrected chi connectivity index (χ3v) is 9.34. The number of phenols is 1. The molecule has 0 saturated carbocycles. The molecule has 2 unspecified atom stereocenters. The van der Waals surface area contributed by atoms with Crippen LogP contribution < -0.4 is 15.3 Å². The molecule has 0 radical (unpaired) electrons. The van der Waals surface area contributed by atoms with Gasteiger partial charge >= 0.3 is 0 Å². The van der Waals surface area contributed by atoms with Crippen molar-refractivity contribution in [3.63, 3.8) is 0 Å². The first-order valence-corrected chi connectivity index (χ1v) is 18.3. The molecule has 0 aromatic heterocycles. The number of rotatable bonds is 17. The van der Waals surface area contributed by atoms with Crippen LogP contribution in [-0.4, -0.2) is 87.6 Å². The minimum atomic E-state index is -4.31. The molecule has 0 fully saturated rings. The number of nitrogens with one attached hydrogen (secondary N) is 2. The lowest BCUT2D eigenvalue weighted by Crippen LogP contribution is -2.52. The number of carbonyl (C=O) groups is 2. The van der Waals surface area contributed by atoms with Gasteiger partial charge in [-0.25, -0.2) is 27.0 Å². The maximum Gasteiger partial charge on any atom is 0.253 e. The van der Waals surface area contributed by atoms with Gasteiger partial charge in [0, 0.05) is 37.8 Å². The number of likely N-dealkylation sites (N-methyl/N-ethyl adjacent to an activating group) is 1. The summed E-state index contributed by atoms with van der Waals surface area (Å²) < 4.78 is 50.2. The first-order valence-electron chi connectivity index (χ1n) is 15.1. The van der Waals surface area contributed by atoms with Crippen LogP contribution in [0.3, 0.4) is 0 Å². The summed E-state index contributed by atoms with van der Waals surface area (Å²) in [6, 6.07) is 17.1. The van der Waals surface area contributed by atoms with Gasteiger partial charge in [-0.2, -0.15) is 0 Å². The van der Waals surface area contributed by atoms with Gasteiger partial charge in [0.2, 0.25) is 20.0 Å². The number of amides is 2. The molecule has 3 rings (SSSR count). The smallest absolute Gasteiger partial charge is 0.253 e. The van der Waals surface area contributed by atoms with E-state index in [0.717, 1.165) is 12.1 Å². The summed E-state index contributed by atoms with van der Waals surface area (Å²) in [4.78, 5) is 30.6. The van der Waals surface area contributed by atoms with Crippen molar-refractivity contribution in [2.45, 2.75) is 55.9 Å². The van der Waals surface area contributed by atoms with Crippen LogP contribution in [0.25, 0.3) is 0 Å². The van der Waals surface area contributed by atoms with Crippen LogP contribution in [0, 0.1) is 0 Å². The number of sulfonamides is 2. The largest absolute Gasteiger partial charge is 0.508 e. The Bertz CT molecular complexity index is 1710. The van der Waals surface area contributed by atoms with Gasteiger partial charge in [0.05, 0.1) is 22.8 Å². The lowest BCUT2D eigenvalue weighted by molar-refractivity contribution is 0.0687. The topological polar surface area (TPSA) is 199 Å². The van der Waals surface area contributed by atoms with Crippen LogP contribution in [0.15, 0.2) is 77.7 Å². The van der Waals surface area contributed by atoms with Crippen molar-refractivity contribution < 1.29 is 36.6 Å². The van der Waals surface area contributed by atoms with Gasteiger partial charge in [-0.15, -0.1) is 4.83 Å². The van der Waals surface area contributed by atoms with Crippen molar-refractivity contribution in [3.05, 3.63) is 95.1 Å². The number of primary sulfonamides is 1. The standard InChI is InChI=1S/C32H43N5O8S2/c1-4-15-37(16-5-2)32(41)26-18-25(19-28(20-26)47(33,44)45)31(40)34-29(17-23-11-13-27(38)14-12-23)30(39)21-36(3)35-46(42,43)22-24-9-7-6-8-10-24/h6-14,18-20,29-30,35,38-39H,4-5,15-17,21-22H2,1-3H3,(H,34,40)(H2,33,44,45). The molecule has 2 atom stereocenters. The highest BCUT2D eigenvalue weighted by Crippen LogP contribution is 2.19. The molecule has 6 N–H and O–H groups in total. The molecule has 0 saturated heterocycles. The summed E-state index contributed by atoms with van der Waals surface area (Å²) in [7, 11) is -6.72. The van der Waals surface area contributed by atoms with Crippen molar-refractivity contribution in [1.29, 1.82) is 0 Å². The minimum Gasteiger partial charge on any atom is -0.508 e. The fourth-order valence-electron chi connectivity index (χ4n) is 4.98. The molecule has 0 aliphatic carbocycles. The molecule has 0 heterocycles. The molecule has 3 aromatic carbocycles. The monoisotopic (exact) mass is 689 g/mol. The lowest BCUT2D eigenvalue weighted by atomic mass is 10.00. The van der Waals surface area contributed by atoms with Crippen molar-refractivity contribution in [2.75, 3.05) is 26.7 Å². The maximum atomic E-state index is 13.6. The van der Waals surface area contributed by atoms with Crippen LogP contribution in [0.5, 0.6) is 5.75 Å². The van der Waals surface area contributed by atoms with Crippen molar-refractivity contribution in [3.8, 4) is 5.75 Å². The Labute approximate surface area is 276 Å². The summed E-state index contributed by atoms with van der Waals surface area (Å²) in [5.74, 6) is -1.53. The zero-order valence-electron chi connectivity index (χ0n) is 26.7. The zero-order valence-corrected chi connectivity index (χ0v) is 28.3. The van der Waals surface area contributed by atoms with Crippen molar-refractivity contribution in [2.24, 2.45) is 5.14 Å². The number of aliphatic hydroxyl groups excluding tert-OH is 1. The number of nitrogens with two attached hydrogens (primary N) is 1. The Hall–Kier alpha value is -3.86. The average Bonchev–Trinajstić information content (AvgIpc) is 3.00. The fourth-order valence-corrected chi connectivity index (χ4v) is 6.81. The molecule has 0 aliphatic rings. The van der Waals surface area contributed by atoms with Gasteiger partial charge in [0.15, 0.2) is 0 Å². The van der Waals surface area contributed by atoms with Crippen LogP contribution in [-0.2, 0) is 32.2 Å². The van der Waals surface area contributed by atoms with E-state index in [2.05, 4.69) is 10.1 Å². The normalized spacial score (nSPS) is 13.2. The molecular formula is C32H43N5O8S2. The van der Waals surface area contributed by atoms with E-state index in [4.69, 9.17) is 5.14 Å². The van der Waals surface area contributed by atoms with Gasteiger partial charge < -0.3 is 20.4 Å². The SMILES string of the molecule is CCCN(CCC)C(=O)c1cc(C(=O)NC(Cc2ccc(O)cc2)C(O)CN(C)NS(=O)(=O)Cc2ccccc2)cc(S(N)(=O)=O)c1. The molecule has 15 heteroatoms. The van der Waals surface area contributed by atoms with E-state index >= 15 is 0 Å². The Morgan fingerprint density at radius 2 is 1.47 bits per heavy atom.